The van der Waals surface area contributed by atoms with E-state index in [2.05, 4.69) is 0 Å². The summed E-state index contributed by atoms with van der Waals surface area (Å²) >= 11 is 0. The molecule has 0 unspecified atom stereocenters. The summed E-state index contributed by atoms with van der Waals surface area (Å²) in [4.78, 5) is 15.3. The van der Waals surface area contributed by atoms with E-state index in [1.807, 2.05) is 24.0 Å². The molecule has 2 heterocycles. The van der Waals surface area contributed by atoms with E-state index in [4.69, 9.17) is 4.74 Å². The third-order valence-corrected chi connectivity index (χ3v) is 8.48. The van der Waals surface area contributed by atoms with Gasteiger partial charge in [-0.1, -0.05) is 36.4 Å². The zero-order valence-corrected chi connectivity index (χ0v) is 19.8. The van der Waals surface area contributed by atoms with E-state index in [0.29, 0.717) is 37.3 Å². The van der Waals surface area contributed by atoms with E-state index < -0.39 is 21.1 Å². The second kappa shape index (κ2) is 9.79. The van der Waals surface area contributed by atoms with Crippen molar-refractivity contribution in [1.29, 1.82) is 0 Å². The Morgan fingerprint density at radius 1 is 1.09 bits per heavy atom. The van der Waals surface area contributed by atoms with Crippen LogP contribution < -0.4 is 4.90 Å². The van der Waals surface area contributed by atoms with E-state index >= 15 is 4.39 Å². The first-order valence-electron chi connectivity index (χ1n) is 11.2. The molecular weight excluding hydrogens is 445 g/mol. The van der Waals surface area contributed by atoms with Gasteiger partial charge in [0, 0.05) is 57.4 Å². The fourth-order valence-electron chi connectivity index (χ4n) is 4.38. The summed E-state index contributed by atoms with van der Waals surface area (Å²) in [6.45, 7) is 6.03. The Morgan fingerprint density at radius 3 is 2.42 bits per heavy atom. The average Bonchev–Trinajstić information content (AvgIpc) is 2.91. The zero-order valence-electron chi connectivity index (χ0n) is 19.0. The molecule has 2 aromatic rings. The van der Waals surface area contributed by atoms with Crippen LogP contribution in [0.25, 0.3) is 0 Å². The SMILES string of the molecule is CC(=O)N1CCN(c2ccc(CN3C[C@@H](C)OC[C@H](c4ccccc4)S3(=O)=O)c(F)c2)CC1. The number of piperazine rings is 1. The number of ether oxygens (including phenoxy) is 1. The van der Waals surface area contributed by atoms with Crippen molar-refractivity contribution in [1.82, 2.24) is 9.21 Å². The fourth-order valence-corrected chi connectivity index (χ4v) is 6.23. The quantitative estimate of drug-likeness (QED) is 0.680. The van der Waals surface area contributed by atoms with Gasteiger partial charge in [-0.2, -0.15) is 4.31 Å². The largest absolute Gasteiger partial charge is 0.375 e. The van der Waals surface area contributed by atoms with Crippen molar-refractivity contribution >= 4 is 21.6 Å². The molecule has 2 saturated heterocycles. The molecule has 2 fully saturated rings. The molecule has 7 nitrogen and oxygen atoms in total. The van der Waals surface area contributed by atoms with Crippen molar-refractivity contribution in [3.05, 3.63) is 65.5 Å². The Bertz CT molecular complexity index is 1090. The van der Waals surface area contributed by atoms with E-state index in [1.54, 1.807) is 42.2 Å². The number of anilines is 1. The Kier molecular flexibility index (Phi) is 7.02. The Hall–Kier alpha value is -2.49. The highest BCUT2D eigenvalue weighted by Gasteiger charge is 2.38. The minimum absolute atomic E-state index is 0.0434. The molecule has 1 amide bonds. The number of nitrogens with zero attached hydrogens (tertiary/aromatic N) is 3. The predicted molar refractivity (Wildman–Crippen MR) is 125 cm³/mol. The van der Waals surface area contributed by atoms with Gasteiger partial charge < -0.3 is 14.5 Å². The first-order chi connectivity index (χ1) is 15.8. The second-order valence-electron chi connectivity index (χ2n) is 8.65. The average molecular weight is 476 g/mol. The van der Waals surface area contributed by atoms with E-state index in [1.165, 1.54) is 10.4 Å². The van der Waals surface area contributed by atoms with Gasteiger partial charge in [0.05, 0.1) is 12.7 Å². The lowest BCUT2D eigenvalue weighted by atomic mass is 10.1. The van der Waals surface area contributed by atoms with Crippen molar-refractivity contribution in [2.75, 3.05) is 44.2 Å². The number of halogens is 1. The van der Waals surface area contributed by atoms with E-state index in [9.17, 15) is 13.2 Å². The number of hydrogen-bond donors (Lipinski definition) is 0. The summed E-state index contributed by atoms with van der Waals surface area (Å²) in [6, 6.07) is 13.9. The fraction of sp³-hybridized carbons (Fsp3) is 0.458. The molecular formula is C24H30FN3O4S. The predicted octanol–water partition coefficient (Wildman–Crippen LogP) is 2.79. The van der Waals surface area contributed by atoms with Gasteiger partial charge in [0.1, 0.15) is 11.1 Å². The third kappa shape index (κ3) is 5.20. The zero-order chi connectivity index (χ0) is 23.6. The van der Waals surface area contributed by atoms with Crippen LogP contribution in [0.2, 0.25) is 0 Å². The minimum atomic E-state index is -3.75. The molecule has 2 aliphatic rings. The Labute approximate surface area is 194 Å². The molecule has 0 aromatic heterocycles. The van der Waals surface area contributed by atoms with Gasteiger partial charge in [0.15, 0.2) is 0 Å². The summed E-state index contributed by atoms with van der Waals surface area (Å²) in [6.07, 6.45) is -0.298. The lowest BCUT2D eigenvalue weighted by Crippen LogP contribution is -2.48. The molecule has 0 spiro atoms. The summed E-state index contributed by atoms with van der Waals surface area (Å²) in [5, 5.41) is -0.830. The number of benzene rings is 2. The molecule has 33 heavy (non-hydrogen) atoms. The third-order valence-electron chi connectivity index (χ3n) is 6.36. The molecule has 178 valence electrons. The molecule has 0 bridgehead atoms. The lowest BCUT2D eigenvalue weighted by molar-refractivity contribution is -0.129. The highest BCUT2D eigenvalue weighted by Crippen LogP contribution is 2.31. The molecule has 4 rings (SSSR count). The van der Waals surface area contributed by atoms with Crippen LogP contribution in [0.4, 0.5) is 10.1 Å². The molecule has 0 aliphatic carbocycles. The maximum absolute atomic E-state index is 15.1. The van der Waals surface area contributed by atoms with Crippen molar-refractivity contribution in [3.63, 3.8) is 0 Å². The van der Waals surface area contributed by atoms with Gasteiger partial charge in [-0.05, 0) is 24.6 Å². The van der Waals surface area contributed by atoms with Crippen LogP contribution in [0.15, 0.2) is 48.5 Å². The van der Waals surface area contributed by atoms with Crippen LogP contribution in [0.1, 0.15) is 30.2 Å². The molecule has 0 saturated carbocycles. The molecule has 0 N–H and O–H groups in total. The van der Waals surface area contributed by atoms with Gasteiger partial charge in [-0.15, -0.1) is 0 Å². The van der Waals surface area contributed by atoms with Crippen molar-refractivity contribution < 1.29 is 22.3 Å². The molecule has 2 aromatic carbocycles. The minimum Gasteiger partial charge on any atom is -0.375 e. The van der Waals surface area contributed by atoms with E-state index in [0.717, 1.165) is 5.69 Å². The van der Waals surface area contributed by atoms with Crippen LogP contribution >= 0.6 is 0 Å². The van der Waals surface area contributed by atoms with Crippen LogP contribution in [0.5, 0.6) is 0 Å². The summed E-state index contributed by atoms with van der Waals surface area (Å²) in [5.74, 6) is -0.396. The Morgan fingerprint density at radius 2 is 1.79 bits per heavy atom. The summed E-state index contributed by atoms with van der Waals surface area (Å²) in [5.41, 5.74) is 1.72. The molecule has 2 atom stereocenters. The lowest BCUT2D eigenvalue weighted by Gasteiger charge is -2.35. The van der Waals surface area contributed by atoms with Gasteiger partial charge in [-0.25, -0.2) is 12.8 Å². The van der Waals surface area contributed by atoms with Gasteiger partial charge in [-0.3, -0.25) is 4.79 Å². The number of carbonyl (C=O) groups excluding carboxylic acids is 1. The highest BCUT2D eigenvalue weighted by atomic mass is 32.2. The normalized spacial score (nSPS) is 23.8. The summed E-state index contributed by atoms with van der Waals surface area (Å²) in [7, 11) is -3.75. The number of amides is 1. The van der Waals surface area contributed by atoms with Gasteiger partial charge >= 0.3 is 0 Å². The summed E-state index contributed by atoms with van der Waals surface area (Å²) < 4.78 is 49.2. The number of sulfonamides is 1. The number of hydrogen-bond acceptors (Lipinski definition) is 5. The maximum atomic E-state index is 15.1. The number of carbonyl (C=O) groups is 1. The first-order valence-corrected chi connectivity index (χ1v) is 12.7. The monoisotopic (exact) mass is 475 g/mol. The molecule has 0 radical (unpaired) electrons. The van der Waals surface area contributed by atoms with Crippen LogP contribution in [-0.4, -0.2) is 69.0 Å². The van der Waals surface area contributed by atoms with Crippen molar-refractivity contribution in [2.45, 2.75) is 31.7 Å². The topological polar surface area (TPSA) is 70.2 Å². The van der Waals surface area contributed by atoms with Crippen molar-refractivity contribution in [3.8, 4) is 0 Å². The second-order valence-corrected chi connectivity index (χ2v) is 10.8. The van der Waals surface area contributed by atoms with Crippen molar-refractivity contribution in [2.24, 2.45) is 0 Å². The van der Waals surface area contributed by atoms with Gasteiger partial charge in [0.2, 0.25) is 15.9 Å². The van der Waals surface area contributed by atoms with Crippen LogP contribution in [0, 0.1) is 5.82 Å². The molecule has 9 heteroatoms. The smallest absolute Gasteiger partial charge is 0.223 e. The standard InChI is InChI=1S/C24H30FN3O4S/c1-18-15-28(33(30,31)24(17-32-18)20-6-4-3-5-7-20)16-21-8-9-22(14-23(21)25)27-12-10-26(11-13-27)19(2)29/h3-9,14,18,24H,10-13,15-17H2,1-2H3/t18-,24-/m1/s1. The maximum Gasteiger partial charge on any atom is 0.223 e. The van der Waals surface area contributed by atoms with Crippen LogP contribution in [-0.2, 0) is 26.1 Å². The highest BCUT2D eigenvalue weighted by molar-refractivity contribution is 7.89. The van der Waals surface area contributed by atoms with E-state index in [-0.39, 0.29) is 31.7 Å². The molecule has 2 aliphatic heterocycles. The van der Waals surface area contributed by atoms with Crippen LogP contribution in [0.3, 0.4) is 0 Å². The first kappa shape index (κ1) is 23.7. The Balaban J connectivity index is 1.53. The number of rotatable bonds is 4. The van der Waals surface area contributed by atoms with Gasteiger partial charge in [0.25, 0.3) is 0 Å².